The van der Waals surface area contributed by atoms with Gasteiger partial charge in [-0.05, 0) is 41.3 Å². The second-order valence-corrected chi connectivity index (χ2v) is 11.6. The van der Waals surface area contributed by atoms with Gasteiger partial charge in [-0.25, -0.2) is 4.79 Å². The summed E-state index contributed by atoms with van der Waals surface area (Å²) >= 11 is 0. The Morgan fingerprint density at radius 3 is 2.36 bits per heavy atom. The smallest absolute Gasteiger partial charge is 0.323 e. The largest absolute Gasteiger partial charge is 0.494 e. The molecule has 5 aromatic rings. The van der Waals surface area contributed by atoms with Crippen molar-refractivity contribution >= 4 is 34.1 Å². The Bertz CT molecular complexity index is 1840. The molecule has 0 saturated carbocycles. The average molecular weight is 593 g/mol. The Morgan fingerprint density at radius 2 is 1.68 bits per heavy atom. The zero-order chi connectivity index (χ0) is 31.4. The number of nitrogens with zero attached hydrogens (tertiary/aromatic N) is 3. The fourth-order valence-corrected chi connectivity index (χ4v) is 5.01. The van der Waals surface area contributed by atoms with E-state index >= 15 is 0 Å². The summed E-state index contributed by atoms with van der Waals surface area (Å²) in [5.74, 6) is 1.18. The van der Waals surface area contributed by atoms with Crippen LogP contribution in [-0.2, 0) is 30.1 Å². The highest BCUT2D eigenvalue weighted by Gasteiger charge is 2.22. The normalized spacial score (nSPS) is 11.3. The number of nitrogens with one attached hydrogen (secondary N) is 2. The molecule has 2 aromatic heterocycles. The number of carbonyl (C=O) groups excluding carboxylic acids is 2. The summed E-state index contributed by atoms with van der Waals surface area (Å²) < 4.78 is 13.7. The minimum atomic E-state index is -0.491. The Hall–Kier alpha value is -5.38. The molecule has 0 fully saturated rings. The van der Waals surface area contributed by atoms with Gasteiger partial charge in [0.1, 0.15) is 17.2 Å². The van der Waals surface area contributed by atoms with E-state index in [0.717, 1.165) is 27.7 Å². The molecule has 44 heavy (non-hydrogen) atoms. The fourth-order valence-electron chi connectivity index (χ4n) is 5.01. The van der Waals surface area contributed by atoms with Crippen molar-refractivity contribution in [2.24, 2.45) is 12.8 Å². The highest BCUT2D eigenvalue weighted by molar-refractivity contribution is 6.08. The third-order valence-corrected chi connectivity index (χ3v) is 7.13. The van der Waals surface area contributed by atoms with E-state index in [1.807, 2.05) is 73.9 Å². The van der Waals surface area contributed by atoms with E-state index < -0.39 is 11.9 Å². The number of rotatable bonds is 9. The first-order valence-corrected chi connectivity index (χ1v) is 14.2. The third kappa shape index (κ3) is 6.97. The predicted molar refractivity (Wildman–Crippen MR) is 172 cm³/mol. The Labute approximate surface area is 256 Å². The summed E-state index contributed by atoms with van der Waals surface area (Å²) in [6, 6.07) is 20.2. The van der Waals surface area contributed by atoms with E-state index in [9.17, 15) is 9.59 Å². The average Bonchev–Trinajstić information content (AvgIpc) is 3.37. The van der Waals surface area contributed by atoms with Gasteiger partial charge in [0.15, 0.2) is 0 Å². The van der Waals surface area contributed by atoms with Crippen LogP contribution in [0.15, 0.2) is 79.1 Å². The number of fused-ring (bicyclic) bond motifs is 1. The van der Waals surface area contributed by atoms with Gasteiger partial charge < -0.3 is 25.8 Å². The number of nitrogens with two attached hydrogens (primary N) is 1. The molecule has 4 N–H and O–H groups in total. The van der Waals surface area contributed by atoms with Crippen LogP contribution in [0.5, 0.6) is 17.2 Å². The molecule has 0 bridgehead atoms. The second-order valence-electron chi connectivity index (χ2n) is 11.6. The molecule has 0 unspecified atom stereocenters. The molecule has 2 heterocycles. The van der Waals surface area contributed by atoms with Crippen LogP contribution in [0, 0.1) is 0 Å². The van der Waals surface area contributed by atoms with Crippen molar-refractivity contribution < 1.29 is 19.1 Å². The summed E-state index contributed by atoms with van der Waals surface area (Å²) in [4.78, 5) is 29.6. The molecule has 5 rings (SSSR count). The standard InChI is InChI=1S/C34H36N6O4/c1-34(2,3)22-16-21(17-31(35)41)32(43-5)29(18-22)38-33(42)37-28-10-11-30(27-9-7-6-8-26(27)28)44-25-12-14-36-24(20-25)19-23-13-15-40(4)39-23/h6-16,18,20H,17,19H2,1-5H3,(H2,35,41)(H2,37,38,42). The summed E-state index contributed by atoms with van der Waals surface area (Å²) in [5, 5.41) is 11.9. The Balaban J connectivity index is 1.39. The lowest BCUT2D eigenvalue weighted by Gasteiger charge is -2.23. The topological polar surface area (TPSA) is 133 Å². The van der Waals surface area contributed by atoms with Crippen LogP contribution in [0.4, 0.5) is 16.2 Å². The zero-order valence-corrected chi connectivity index (χ0v) is 25.5. The Kier molecular flexibility index (Phi) is 8.52. The van der Waals surface area contributed by atoms with Crippen LogP contribution in [-0.4, -0.2) is 33.8 Å². The molecule has 226 valence electrons. The van der Waals surface area contributed by atoms with Crippen LogP contribution < -0.4 is 25.8 Å². The van der Waals surface area contributed by atoms with Crippen LogP contribution in [0.25, 0.3) is 10.8 Å². The number of hydrogen-bond acceptors (Lipinski definition) is 6. The number of pyridine rings is 1. The van der Waals surface area contributed by atoms with E-state index in [4.69, 9.17) is 15.2 Å². The maximum atomic E-state index is 13.3. The van der Waals surface area contributed by atoms with E-state index in [2.05, 4.69) is 41.5 Å². The highest BCUT2D eigenvalue weighted by atomic mass is 16.5. The summed E-state index contributed by atoms with van der Waals surface area (Å²) in [6.07, 6.45) is 4.19. The number of ether oxygens (including phenoxy) is 2. The first kappa shape index (κ1) is 30.1. The summed E-state index contributed by atoms with van der Waals surface area (Å²) in [7, 11) is 3.38. The summed E-state index contributed by atoms with van der Waals surface area (Å²) in [6.45, 7) is 6.15. The van der Waals surface area contributed by atoms with E-state index in [1.54, 1.807) is 16.9 Å². The SMILES string of the molecule is COc1c(CC(N)=O)cc(C(C)(C)C)cc1NC(=O)Nc1ccc(Oc2ccnc(Cc3ccn(C)n3)c2)c2ccccc12. The van der Waals surface area contributed by atoms with Crippen LogP contribution in [0.1, 0.15) is 43.3 Å². The summed E-state index contributed by atoms with van der Waals surface area (Å²) in [5.41, 5.74) is 9.59. The molecule has 0 aliphatic rings. The number of hydrogen-bond donors (Lipinski definition) is 3. The van der Waals surface area contributed by atoms with E-state index in [0.29, 0.717) is 40.6 Å². The predicted octanol–water partition coefficient (Wildman–Crippen LogP) is 6.33. The maximum Gasteiger partial charge on any atom is 0.323 e. The molecule has 10 nitrogen and oxygen atoms in total. The van der Waals surface area contributed by atoms with Gasteiger partial charge >= 0.3 is 6.03 Å². The van der Waals surface area contributed by atoms with Gasteiger partial charge in [-0.15, -0.1) is 0 Å². The molecule has 0 radical (unpaired) electrons. The molecule has 0 spiro atoms. The molecule has 0 saturated heterocycles. The molecular weight excluding hydrogens is 556 g/mol. The number of benzene rings is 3. The number of anilines is 2. The van der Waals surface area contributed by atoms with E-state index in [-0.39, 0.29) is 11.8 Å². The van der Waals surface area contributed by atoms with Crippen molar-refractivity contribution in [3.8, 4) is 17.2 Å². The minimum Gasteiger partial charge on any atom is -0.494 e. The van der Waals surface area contributed by atoms with Gasteiger partial charge in [-0.3, -0.25) is 14.5 Å². The first-order valence-electron chi connectivity index (χ1n) is 14.2. The molecule has 3 aromatic carbocycles. The molecule has 10 heteroatoms. The number of aryl methyl sites for hydroxylation is 1. The lowest BCUT2D eigenvalue weighted by atomic mass is 9.85. The lowest BCUT2D eigenvalue weighted by Crippen LogP contribution is -2.22. The van der Waals surface area contributed by atoms with Crippen molar-refractivity contribution in [1.29, 1.82) is 0 Å². The van der Waals surface area contributed by atoms with Crippen LogP contribution >= 0.6 is 0 Å². The van der Waals surface area contributed by atoms with Crippen molar-refractivity contribution in [2.45, 2.75) is 39.0 Å². The number of aromatic nitrogens is 3. The maximum absolute atomic E-state index is 13.3. The first-order chi connectivity index (χ1) is 21.0. The van der Waals surface area contributed by atoms with Gasteiger partial charge in [0, 0.05) is 48.3 Å². The van der Waals surface area contributed by atoms with Gasteiger partial charge in [0.2, 0.25) is 5.91 Å². The van der Waals surface area contributed by atoms with Gasteiger partial charge in [-0.2, -0.15) is 5.10 Å². The number of urea groups is 1. The highest BCUT2D eigenvalue weighted by Crippen LogP contribution is 2.37. The van der Waals surface area contributed by atoms with Crippen molar-refractivity contribution in [2.75, 3.05) is 17.7 Å². The monoisotopic (exact) mass is 592 g/mol. The molecular formula is C34H36N6O4. The minimum absolute atomic E-state index is 0.0163. The van der Waals surface area contributed by atoms with Gasteiger partial charge in [-0.1, -0.05) is 51.1 Å². The van der Waals surface area contributed by atoms with Gasteiger partial charge in [0.05, 0.1) is 36.3 Å². The molecule has 0 atom stereocenters. The quantitative estimate of drug-likeness (QED) is 0.183. The van der Waals surface area contributed by atoms with Gasteiger partial charge in [0.25, 0.3) is 0 Å². The molecule has 3 amide bonds. The number of carbonyl (C=O) groups is 2. The van der Waals surface area contributed by atoms with Crippen molar-refractivity contribution in [1.82, 2.24) is 14.8 Å². The van der Waals surface area contributed by atoms with Crippen LogP contribution in [0.3, 0.4) is 0 Å². The number of methoxy groups -OCH3 is 1. The van der Waals surface area contributed by atoms with Crippen molar-refractivity contribution in [3.63, 3.8) is 0 Å². The third-order valence-electron chi connectivity index (χ3n) is 7.13. The second kappa shape index (κ2) is 12.5. The number of primary amides is 1. The zero-order valence-electron chi connectivity index (χ0n) is 25.5. The van der Waals surface area contributed by atoms with E-state index in [1.165, 1.54) is 7.11 Å². The molecule has 0 aliphatic carbocycles. The number of amides is 3. The molecule has 0 aliphatic heterocycles. The fraction of sp³-hybridized carbons (Fsp3) is 0.235. The van der Waals surface area contributed by atoms with Crippen LogP contribution in [0.2, 0.25) is 0 Å². The Morgan fingerprint density at radius 1 is 0.932 bits per heavy atom. The van der Waals surface area contributed by atoms with Crippen molar-refractivity contribution in [3.05, 3.63) is 102 Å². The lowest BCUT2D eigenvalue weighted by molar-refractivity contribution is -0.117.